The average molecular weight is 453 g/mol. The minimum Gasteiger partial charge on any atom is -0.399 e. The lowest BCUT2D eigenvalue weighted by Crippen LogP contribution is -2.10. The number of anilines is 1. The summed E-state index contributed by atoms with van der Waals surface area (Å²) in [5, 5.41) is 0. The van der Waals surface area contributed by atoms with Crippen molar-refractivity contribution in [1.82, 2.24) is 0 Å². The van der Waals surface area contributed by atoms with Crippen molar-refractivity contribution in [2.24, 2.45) is 10.9 Å². The monoisotopic (exact) mass is 452 g/mol. The summed E-state index contributed by atoms with van der Waals surface area (Å²) in [6.45, 7) is 15.9. The van der Waals surface area contributed by atoms with E-state index in [0.717, 1.165) is 36.9 Å². The molecule has 1 aromatic carbocycles. The number of hydrogen-bond donors (Lipinski definition) is 1. The van der Waals surface area contributed by atoms with Gasteiger partial charge in [-0.1, -0.05) is 97.7 Å². The van der Waals surface area contributed by atoms with E-state index in [1.807, 2.05) is 37.4 Å². The van der Waals surface area contributed by atoms with E-state index in [-0.39, 0.29) is 5.41 Å². The summed E-state index contributed by atoms with van der Waals surface area (Å²) in [6.07, 6.45) is 18.0. The zero-order chi connectivity index (χ0) is 25.1. The maximum absolute atomic E-state index is 10.7. The first-order valence-corrected chi connectivity index (χ1v) is 12.6. The van der Waals surface area contributed by atoms with Gasteiger partial charge in [-0.2, -0.15) is 0 Å². The second kappa shape index (κ2) is 18.1. The van der Waals surface area contributed by atoms with Crippen LogP contribution in [0.25, 0.3) is 0 Å². The van der Waals surface area contributed by atoms with Gasteiger partial charge < -0.3 is 5.73 Å². The van der Waals surface area contributed by atoms with Gasteiger partial charge in [0.15, 0.2) is 0 Å². The predicted molar refractivity (Wildman–Crippen MR) is 148 cm³/mol. The first-order chi connectivity index (χ1) is 15.7. The standard InChI is InChI=1S/C16H23NO.C10H15N.C4H10/c1-3-5-16(13-18)10-11-17-12-15-8-6-14(4-2)7-9-15;1-10(2,3)8-5-4-6-9(11)7-8;1-3-4-2/h5-6,8-9,11,13-14H,3-4,7,10,12H2,1-2H3;4-7H,11H2,1-3H3;3-4H2,1-2H3/b16-5+,17-11?;;. The molecule has 1 aliphatic carbocycles. The van der Waals surface area contributed by atoms with E-state index >= 15 is 0 Å². The Morgan fingerprint density at radius 1 is 1.15 bits per heavy atom. The molecule has 33 heavy (non-hydrogen) atoms. The highest BCUT2D eigenvalue weighted by Gasteiger charge is 2.12. The lowest BCUT2D eigenvalue weighted by Gasteiger charge is -2.18. The van der Waals surface area contributed by atoms with Crippen molar-refractivity contribution in [3.8, 4) is 0 Å². The van der Waals surface area contributed by atoms with Crippen LogP contribution < -0.4 is 5.73 Å². The topological polar surface area (TPSA) is 55.5 Å². The molecule has 1 unspecified atom stereocenters. The Labute approximate surface area is 204 Å². The zero-order valence-corrected chi connectivity index (χ0v) is 22.2. The number of carbonyl (C=O) groups is 1. The van der Waals surface area contributed by atoms with Crippen LogP contribution in [0.3, 0.4) is 0 Å². The van der Waals surface area contributed by atoms with Crippen LogP contribution >= 0.6 is 0 Å². The Hall–Kier alpha value is -2.42. The number of nitrogens with zero attached hydrogens (tertiary/aromatic N) is 1. The lowest BCUT2D eigenvalue weighted by atomic mass is 9.87. The van der Waals surface area contributed by atoms with Crippen molar-refractivity contribution in [3.63, 3.8) is 0 Å². The van der Waals surface area contributed by atoms with E-state index < -0.39 is 0 Å². The van der Waals surface area contributed by atoms with E-state index in [2.05, 4.69) is 70.8 Å². The zero-order valence-electron chi connectivity index (χ0n) is 22.2. The van der Waals surface area contributed by atoms with Gasteiger partial charge in [0.2, 0.25) is 0 Å². The molecule has 0 heterocycles. The van der Waals surface area contributed by atoms with Gasteiger partial charge in [-0.05, 0) is 59.4 Å². The van der Waals surface area contributed by atoms with E-state index in [0.29, 0.717) is 12.3 Å². The van der Waals surface area contributed by atoms with Crippen molar-refractivity contribution in [2.45, 2.75) is 92.4 Å². The fraction of sp³-hybridized carbons (Fsp3) is 0.533. The first kappa shape index (κ1) is 30.6. The molecule has 1 atom stereocenters. The Morgan fingerprint density at radius 2 is 1.85 bits per heavy atom. The Bertz CT molecular complexity index is 777. The fourth-order valence-electron chi connectivity index (χ4n) is 2.92. The number of benzene rings is 1. The summed E-state index contributed by atoms with van der Waals surface area (Å²) < 4.78 is 0. The molecule has 0 amide bonds. The number of unbranched alkanes of at least 4 members (excludes halogenated alkanes) is 1. The molecule has 184 valence electrons. The third-order valence-corrected chi connectivity index (χ3v) is 5.39. The quantitative estimate of drug-likeness (QED) is 0.187. The van der Waals surface area contributed by atoms with Crippen molar-refractivity contribution in [1.29, 1.82) is 0 Å². The summed E-state index contributed by atoms with van der Waals surface area (Å²) in [5.74, 6) is 0.701. The molecule has 0 radical (unpaired) electrons. The molecule has 0 spiro atoms. The van der Waals surface area contributed by atoms with Gasteiger partial charge >= 0.3 is 0 Å². The van der Waals surface area contributed by atoms with Gasteiger partial charge in [-0.25, -0.2) is 0 Å². The summed E-state index contributed by atoms with van der Waals surface area (Å²) in [4.78, 5) is 15.1. The van der Waals surface area contributed by atoms with Crippen LogP contribution in [0.2, 0.25) is 0 Å². The molecule has 3 heteroatoms. The molecule has 0 aromatic heterocycles. The Balaban J connectivity index is 0.000000577. The highest BCUT2D eigenvalue weighted by Crippen LogP contribution is 2.23. The van der Waals surface area contributed by atoms with Crippen LogP contribution in [0, 0.1) is 5.92 Å². The Morgan fingerprint density at radius 3 is 2.27 bits per heavy atom. The number of allylic oxidation sites excluding steroid dienone is 4. The molecule has 2 rings (SSSR count). The summed E-state index contributed by atoms with van der Waals surface area (Å²) >= 11 is 0. The number of aldehydes is 1. The maximum atomic E-state index is 10.7. The van der Waals surface area contributed by atoms with Crippen LogP contribution in [0.5, 0.6) is 0 Å². The van der Waals surface area contributed by atoms with E-state index in [1.165, 1.54) is 30.4 Å². The first-order valence-electron chi connectivity index (χ1n) is 12.6. The number of carbonyl (C=O) groups excluding carboxylic acids is 1. The van der Waals surface area contributed by atoms with Gasteiger partial charge in [-0.3, -0.25) is 9.79 Å². The number of nitrogen functional groups attached to an aromatic ring is 1. The molecule has 3 nitrogen and oxygen atoms in total. The van der Waals surface area contributed by atoms with Gasteiger partial charge in [0.05, 0.1) is 6.54 Å². The SMILES string of the molecule is CC(C)(C)c1cccc(N)c1.CC/C=C(/C=O)CC=NCC1=CCC(CC)C=C1.CCCC. The molecule has 2 N–H and O–H groups in total. The fourth-order valence-corrected chi connectivity index (χ4v) is 2.92. The smallest absolute Gasteiger partial charge is 0.146 e. The van der Waals surface area contributed by atoms with Gasteiger partial charge in [-0.15, -0.1) is 0 Å². The van der Waals surface area contributed by atoms with Crippen LogP contribution in [0.15, 0.2) is 64.7 Å². The highest BCUT2D eigenvalue weighted by molar-refractivity contribution is 5.80. The molecule has 0 saturated carbocycles. The van der Waals surface area contributed by atoms with Crippen molar-refractivity contribution in [3.05, 3.63) is 65.3 Å². The molecular weight excluding hydrogens is 404 g/mol. The van der Waals surface area contributed by atoms with Crippen molar-refractivity contribution in [2.75, 3.05) is 12.3 Å². The van der Waals surface area contributed by atoms with Crippen LogP contribution in [0.4, 0.5) is 5.69 Å². The van der Waals surface area contributed by atoms with Crippen LogP contribution in [-0.2, 0) is 10.2 Å². The summed E-state index contributed by atoms with van der Waals surface area (Å²) in [7, 11) is 0. The average Bonchev–Trinajstić information content (AvgIpc) is 2.81. The molecular formula is C30H48N2O. The molecule has 1 aromatic rings. The number of nitrogens with two attached hydrogens (primary N) is 1. The normalized spacial score (nSPS) is 15.8. The predicted octanol–water partition coefficient (Wildman–Crippen LogP) is 8.27. The van der Waals surface area contributed by atoms with Crippen LogP contribution in [-0.4, -0.2) is 19.0 Å². The van der Waals surface area contributed by atoms with Crippen molar-refractivity contribution < 1.29 is 4.79 Å². The number of aliphatic imine (C=N–C) groups is 1. The third-order valence-electron chi connectivity index (χ3n) is 5.39. The minimum atomic E-state index is 0.204. The molecule has 0 aliphatic heterocycles. The second-order valence-electron chi connectivity index (χ2n) is 9.45. The molecule has 1 aliphatic rings. The lowest BCUT2D eigenvalue weighted by molar-refractivity contribution is -0.104. The highest BCUT2D eigenvalue weighted by atomic mass is 16.1. The third kappa shape index (κ3) is 15.1. The number of rotatable bonds is 8. The van der Waals surface area contributed by atoms with Gasteiger partial charge in [0.1, 0.15) is 6.29 Å². The summed E-state index contributed by atoms with van der Waals surface area (Å²) in [5.41, 5.74) is 10.1. The number of hydrogen-bond acceptors (Lipinski definition) is 3. The second-order valence-corrected chi connectivity index (χ2v) is 9.45. The molecule has 0 saturated heterocycles. The largest absolute Gasteiger partial charge is 0.399 e. The van der Waals surface area contributed by atoms with E-state index in [9.17, 15) is 4.79 Å². The van der Waals surface area contributed by atoms with E-state index in [4.69, 9.17) is 5.73 Å². The van der Waals surface area contributed by atoms with Gasteiger partial charge in [0, 0.05) is 18.3 Å². The minimum absolute atomic E-state index is 0.204. The molecule has 0 bridgehead atoms. The van der Waals surface area contributed by atoms with Crippen molar-refractivity contribution >= 4 is 18.2 Å². The summed E-state index contributed by atoms with van der Waals surface area (Å²) in [6, 6.07) is 8.04. The Kier molecular flexibility index (Phi) is 16.7. The van der Waals surface area contributed by atoms with Gasteiger partial charge in [0.25, 0.3) is 0 Å². The van der Waals surface area contributed by atoms with E-state index in [1.54, 1.807) is 0 Å². The van der Waals surface area contributed by atoms with Crippen LogP contribution in [0.1, 0.15) is 92.6 Å². The molecule has 0 fully saturated rings. The maximum Gasteiger partial charge on any atom is 0.146 e.